The minimum Gasteiger partial charge on any atom is -0.497 e. The van der Waals surface area contributed by atoms with Gasteiger partial charge in [0.1, 0.15) is 5.75 Å². The highest BCUT2D eigenvalue weighted by atomic mass is 16.5. The second-order valence-electron chi connectivity index (χ2n) is 5.67. The Morgan fingerprint density at radius 2 is 1.95 bits per heavy atom. The molecule has 3 N–H and O–H groups in total. The molecule has 0 radical (unpaired) electrons. The van der Waals surface area contributed by atoms with Crippen LogP contribution in [0.2, 0.25) is 0 Å². The van der Waals surface area contributed by atoms with Gasteiger partial charge in [-0.25, -0.2) is 0 Å². The molecule has 110 valence electrons. The lowest BCUT2D eigenvalue weighted by Crippen LogP contribution is -2.44. The third kappa shape index (κ3) is 2.94. The van der Waals surface area contributed by atoms with Gasteiger partial charge in [-0.2, -0.15) is 0 Å². The molecular formula is C18H22N2O. The summed E-state index contributed by atoms with van der Waals surface area (Å²) in [5, 5.41) is 0. The van der Waals surface area contributed by atoms with Crippen molar-refractivity contribution in [1.29, 1.82) is 0 Å². The van der Waals surface area contributed by atoms with Crippen LogP contribution in [0.4, 0.5) is 0 Å². The minimum atomic E-state index is 0.335. The molecule has 3 nitrogen and oxygen atoms in total. The summed E-state index contributed by atoms with van der Waals surface area (Å²) in [6, 6.07) is 17.3. The van der Waals surface area contributed by atoms with E-state index in [2.05, 4.69) is 41.8 Å². The Kier molecular flexibility index (Phi) is 4.23. The molecule has 3 heteroatoms. The lowest BCUT2D eigenvalue weighted by molar-refractivity contribution is 0.385. The van der Waals surface area contributed by atoms with Crippen molar-refractivity contribution in [3.05, 3.63) is 65.2 Å². The molecule has 2 unspecified atom stereocenters. The fourth-order valence-electron chi connectivity index (χ4n) is 3.17. The predicted molar refractivity (Wildman–Crippen MR) is 85.3 cm³/mol. The molecule has 0 heterocycles. The highest BCUT2D eigenvalue weighted by Gasteiger charge is 2.31. The molecule has 3 rings (SSSR count). The van der Waals surface area contributed by atoms with E-state index < -0.39 is 0 Å². The number of ether oxygens (including phenoxy) is 1. The van der Waals surface area contributed by atoms with Gasteiger partial charge in [-0.05, 0) is 48.1 Å². The first-order valence-electron chi connectivity index (χ1n) is 7.48. The van der Waals surface area contributed by atoms with Gasteiger partial charge < -0.3 is 4.74 Å². The van der Waals surface area contributed by atoms with E-state index in [9.17, 15) is 0 Å². The van der Waals surface area contributed by atoms with Gasteiger partial charge in [0.05, 0.1) is 7.11 Å². The maximum Gasteiger partial charge on any atom is 0.118 e. The molecule has 1 aliphatic rings. The molecule has 1 aliphatic carbocycles. The first-order valence-corrected chi connectivity index (χ1v) is 7.48. The van der Waals surface area contributed by atoms with E-state index in [4.69, 9.17) is 10.6 Å². The SMILES string of the molecule is COc1ccc(CCC(NN)C2Cc3ccccc32)cc1. The van der Waals surface area contributed by atoms with Crippen molar-refractivity contribution < 1.29 is 4.74 Å². The van der Waals surface area contributed by atoms with Crippen LogP contribution in [0.25, 0.3) is 0 Å². The number of aryl methyl sites for hydroxylation is 1. The molecule has 2 atom stereocenters. The van der Waals surface area contributed by atoms with Crippen LogP contribution in [0, 0.1) is 0 Å². The Balaban J connectivity index is 1.61. The summed E-state index contributed by atoms with van der Waals surface area (Å²) >= 11 is 0. The molecule has 0 amide bonds. The smallest absolute Gasteiger partial charge is 0.118 e. The maximum atomic E-state index is 5.78. The predicted octanol–water partition coefficient (Wildman–Crippen LogP) is 2.80. The largest absolute Gasteiger partial charge is 0.497 e. The molecule has 0 spiro atoms. The van der Waals surface area contributed by atoms with Gasteiger partial charge in [0.25, 0.3) is 0 Å². The van der Waals surface area contributed by atoms with Crippen molar-refractivity contribution in [2.75, 3.05) is 7.11 Å². The molecule has 21 heavy (non-hydrogen) atoms. The summed E-state index contributed by atoms with van der Waals surface area (Å²) in [5.41, 5.74) is 7.25. The molecule has 0 aromatic heterocycles. The van der Waals surface area contributed by atoms with Crippen LogP contribution < -0.4 is 16.0 Å². The quantitative estimate of drug-likeness (QED) is 0.632. The number of hydrazine groups is 1. The molecule has 0 saturated carbocycles. The van der Waals surface area contributed by atoms with Crippen LogP contribution in [-0.4, -0.2) is 13.2 Å². The van der Waals surface area contributed by atoms with Gasteiger partial charge >= 0.3 is 0 Å². The number of nitrogens with one attached hydrogen (secondary N) is 1. The number of fused-ring (bicyclic) bond motifs is 1. The van der Waals surface area contributed by atoms with Crippen molar-refractivity contribution >= 4 is 0 Å². The summed E-state index contributed by atoms with van der Waals surface area (Å²) in [5.74, 6) is 7.23. The summed E-state index contributed by atoms with van der Waals surface area (Å²) < 4.78 is 5.19. The van der Waals surface area contributed by atoms with Gasteiger partial charge in [0.15, 0.2) is 0 Å². The van der Waals surface area contributed by atoms with E-state index in [-0.39, 0.29) is 0 Å². The van der Waals surface area contributed by atoms with Crippen LogP contribution in [0.5, 0.6) is 5.75 Å². The number of hydrogen-bond acceptors (Lipinski definition) is 3. The summed E-state index contributed by atoms with van der Waals surface area (Å²) in [4.78, 5) is 0. The number of hydrogen-bond donors (Lipinski definition) is 2. The Labute approximate surface area is 126 Å². The van der Waals surface area contributed by atoms with Crippen molar-refractivity contribution in [2.24, 2.45) is 5.84 Å². The molecule has 0 saturated heterocycles. The first kappa shape index (κ1) is 14.1. The van der Waals surface area contributed by atoms with Crippen molar-refractivity contribution in [1.82, 2.24) is 5.43 Å². The van der Waals surface area contributed by atoms with Crippen molar-refractivity contribution in [3.8, 4) is 5.75 Å². The maximum absolute atomic E-state index is 5.78. The standard InChI is InChI=1S/C18H22N2O/c1-21-15-9-6-13(7-10-15)8-11-18(20-19)17-12-14-4-2-3-5-16(14)17/h2-7,9-10,17-18,20H,8,11-12,19H2,1H3. The second-order valence-corrected chi connectivity index (χ2v) is 5.67. The molecule has 0 bridgehead atoms. The summed E-state index contributed by atoms with van der Waals surface area (Å²) in [6.07, 6.45) is 3.20. The molecule has 0 aliphatic heterocycles. The topological polar surface area (TPSA) is 47.3 Å². The van der Waals surface area contributed by atoms with Gasteiger partial charge in [-0.15, -0.1) is 0 Å². The fraction of sp³-hybridized carbons (Fsp3) is 0.333. The van der Waals surface area contributed by atoms with E-state index in [0.29, 0.717) is 12.0 Å². The lowest BCUT2D eigenvalue weighted by Gasteiger charge is -2.36. The molecule has 2 aromatic carbocycles. The van der Waals surface area contributed by atoms with Gasteiger partial charge in [0, 0.05) is 12.0 Å². The normalized spacial score (nSPS) is 17.7. The number of benzene rings is 2. The van der Waals surface area contributed by atoms with Gasteiger partial charge in [-0.1, -0.05) is 36.4 Å². The lowest BCUT2D eigenvalue weighted by atomic mass is 9.72. The Hall–Kier alpha value is -1.84. The van der Waals surface area contributed by atoms with Crippen LogP contribution in [-0.2, 0) is 12.8 Å². The van der Waals surface area contributed by atoms with Crippen LogP contribution >= 0.6 is 0 Å². The number of rotatable bonds is 6. The zero-order valence-corrected chi connectivity index (χ0v) is 12.4. The first-order chi connectivity index (χ1) is 10.3. The Morgan fingerprint density at radius 1 is 1.19 bits per heavy atom. The zero-order valence-electron chi connectivity index (χ0n) is 12.4. The average molecular weight is 282 g/mol. The Morgan fingerprint density at radius 3 is 2.62 bits per heavy atom. The van der Waals surface area contributed by atoms with E-state index in [1.165, 1.54) is 16.7 Å². The molecule has 2 aromatic rings. The van der Waals surface area contributed by atoms with Crippen molar-refractivity contribution in [2.45, 2.75) is 31.2 Å². The van der Waals surface area contributed by atoms with Crippen molar-refractivity contribution in [3.63, 3.8) is 0 Å². The third-order valence-electron chi connectivity index (χ3n) is 4.50. The van der Waals surface area contributed by atoms with E-state index in [1.807, 2.05) is 12.1 Å². The van der Waals surface area contributed by atoms with Gasteiger partial charge in [-0.3, -0.25) is 11.3 Å². The fourth-order valence-corrected chi connectivity index (χ4v) is 3.17. The number of methoxy groups -OCH3 is 1. The highest BCUT2D eigenvalue weighted by Crippen LogP contribution is 2.38. The highest BCUT2D eigenvalue weighted by molar-refractivity contribution is 5.41. The van der Waals surface area contributed by atoms with Crippen LogP contribution in [0.15, 0.2) is 48.5 Å². The number of nitrogens with two attached hydrogens (primary N) is 1. The van der Waals surface area contributed by atoms with Crippen LogP contribution in [0.3, 0.4) is 0 Å². The van der Waals surface area contributed by atoms with E-state index >= 15 is 0 Å². The summed E-state index contributed by atoms with van der Waals surface area (Å²) in [7, 11) is 1.69. The Bertz CT molecular complexity index is 594. The molecule has 0 fully saturated rings. The van der Waals surface area contributed by atoms with E-state index in [0.717, 1.165) is 25.0 Å². The second kappa shape index (κ2) is 6.29. The molecular weight excluding hydrogens is 260 g/mol. The minimum absolute atomic E-state index is 0.335. The monoisotopic (exact) mass is 282 g/mol. The van der Waals surface area contributed by atoms with Gasteiger partial charge in [0.2, 0.25) is 0 Å². The third-order valence-corrected chi connectivity index (χ3v) is 4.50. The average Bonchev–Trinajstić information content (AvgIpc) is 2.52. The van der Waals surface area contributed by atoms with E-state index in [1.54, 1.807) is 7.11 Å². The zero-order chi connectivity index (χ0) is 14.7. The summed E-state index contributed by atoms with van der Waals surface area (Å²) in [6.45, 7) is 0. The van der Waals surface area contributed by atoms with Crippen LogP contribution in [0.1, 0.15) is 29.0 Å².